The highest BCUT2D eigenvalue weighted by Gasteiger charge is 2.20. The highest BCUT2D eigenvalue weighted by molar-refractivity contribution is 5.10. The van der Waals surface area contributed by atoms with Crippen molar-refractivity contribution < 1.29 is 4.74 Å². The van der Waals surface area contributed by atoms with Crippen LogP contribution in [0.2, 0.25) is 0 Å². The number of nitrogens with one attached hydrogen (secondary N) is 1. The average Bonchev–Trinajstić information content (AvgIpc) is 2.79. The second kappa shape index (κ2) is 7.06. The Labute approximate surface area is 116 Å². The molecule has 1 aliphatic rings. The van der Waals surface area contributed by atoms with Crippen molar-refractivity contribution in [1.82, 2.24) is 15.1 Å². The molecule has 0 amide bonds. The maximum Gasteiger partial charge on any atom is 0.0596 e. The lowest BCUT2D eigenvalue weighted by Gasteiger charge is -2.27. The van der Waals surface area contributed by atoms with E-state index in [0.717, 1.165) is 31.7 Å². The summed E-state index contributed by atoms with van der Waals surface area (Å²) in [7, 11) is 2.05. The Bertz CT molecular complexity index is 383. The molecule has 19 heavy (non-hydrogen) atoms. The molecule has 2 atom stereocenters. The van der Waals surface area contributed by atoms with Crippen molar-refractivity contribution in [2.45, 2.75) is 64.6 Å². The predicted molar refractivity (Wildman–Crippen MR) is 77.4 cm³/mol. The van der Waals surface area contributed by atoms with Gasteiger partial charge < -0.3 is 10.1 Å². The lowest BCUT2D eigenvalue weighted by molar-refractivity contribution is 0.00558. The molecule has 1 aromatic heterocycles. The third-order valence-electron chi connectivity index (χ3n) is 3.97. The lowest BCUT2D eigenvalue weighted by atomic mass is 9.99. The molecule has 2 rings (SSSR count). The summed E-state index contributed by atoms with van der Waals surface area (Å²) >= 11 is 0. The number of hydrogen-bond donors (Lipinski definition) is 1. The molecule has 4 nitrogen and oxygen atoms in total. The summed E-state index contributed by atoms with van der Waals surface area (Å²) in [5.74, 6) is 0. The third kappa shape index (κ3) is 4.05. The molecule has 1 saturated heterocycles. The second-order valence-electron chi connectivity index (χ2n) is 5.51. The van der Waals surface area contributed by atoms with E-state index in [1.54, 1.807) is 0 Å². The van der Waals surface area contributed by atoms with Crippen molar-refractivity contribution in [2.75, 3.05) is 13.7 Å². The average molecular weight is 265 g/mol. The summed E-state index contributed by atoms with van der Waals surface area (Å²) in [4.78, 5) is 0. The van der Waals surface area contributed by atoms with Gasteiger partial charge in [-0.15, -0.1) is 0 Å². The molecule has 0 aliphatic carbocycles. The molecule has 0 spiro atoms. The zero-order chi connectivity index (χ0) is 13.7. The fraction of sp³-hybridized carbons (Fsp3) is 0.800. The number of ether oxygens (including phenoxy) is 1. The molecule has 0 saturated carbocycles. The fourth-order valence-corrected chi connectivity index (χ4v) is 2.90. The Morgan fingerprint density at radius 3 is 3.00 bits per heavy atom. The summed E-state index contributed by atoms with van der Waals surface area (Å²) in [6, 6.07) is 2.68. The summed E-state index contributed by atoms with van der Waals surface area (Å²) in [5, 5.41) is 7.96. The van der Waals surface area contributed by atoms with Crippen molar-refractivity contribution >= 4 is 0 Å². The van der Waals surface area contributed by atoms with Gasteiger partial charge in [-0.3, -0.25) is 4.68 Å². The Morgan fingerprint density at radius 2 is 2.37 bits per heavy atom. The van der Waals surface area contributed by atoms with Gasteiger partial charge in [0.2, 0.25) is 0 Å². The first-order valence-corrected chi connectivity index (χ1v) is 7.55. The fourth-order valence-electron chi connectivity index (χ4n) is 2.90. The van der Waals surface area contributed by atoms with Crippen LogP contribution in [-0.4, -0.2) is 35.6 Å². The molecule has 1 N–H and O–H groups in total. The minimum absolute atomic E-state index is 0.435. The van der Waals surface area contributed by atoms with Crippen molar-refractivity contribution in [2.24, 2.45) is 0 Å². The summed E-state index contributed by atoms with van der Waals surface area (Å²) in [6.07, 6.45) is 6.32. The highest BCUT2D eigenvalue weighted by atomic mass is 16.5. The molecular formula is C15H27N3O. The van der Waals surface area contributed by atoms with Crippen LogP contribution < -0.4 is 5.32 Å². The number of likely N-dealkylation sites (N-methyl/N-ethyl adjacent to an activating group) is 1. The van der Waals surface area contributed by atoms with Gasteiger partial charge in [-0.25, -0.2) is 0 Å². The first-order chi connectivity index (χ1) is 9.22. The van der Waals surface area contributed by atoms with Gasteiger partial charge in [-0.2, -0.15) is 5.10 Å². The maximum absolute atomic E-state index is 5.85. The lowest BCUT2D eigenvalue weighted by Crippen LogP contribution is -2.34. The SMILES string of the molecule is CCn1nc(C)cc1CC(CC1CCCCO1)NC. The Balaban J connectivity index is 1.93. The van der Waals surface area contributed by atoms with Crippen LogP contribution in [0.3, 0.4) is 0 Å². The molecule has 0 radical (unpaired) electrons. The van der Waals surface area contributed by atoms with Gasteiger partial charge in [0.05, 0.1) is 11.8 Å². The summed E-state index contributed by atoms with van der Waals surface area (Å²) in [6.45, 7) is 6.09. The molecule has 0 bridgehead atoms. The van der Waals surface area contributed by atoms with Crippen molar-refractivity contribution in [3.05, 3.63) is 17.5 Å². The van der Waals surface area contributed by atoms with Gasteiger partial charge >= 0.3 is 0 Å². The van der Waals surface area contributed by atoms with Crippen molar-refractivity contribution in [1.29, 1.82) is 0 Å². The maximum atomic E-state index is 5.85. The summed E-state index contributed by atoms with van der Waals surface area (Å²) < 4.78 is 7.96. The highest BCUT2D eigenvalue weighted by Crippen LogP contribution is 2.19. The van der Waals surface area contributed by atoms with E-state index in [2.05, 4.69) is 35.0 Å². The van der Waals surface area contributed by atoms with E-state index >= 15 is 0 Å². The first-order valence-electron chi connectivity index (χ1n) is 7.55. The van der Waals surface area contributed by atoms with E-state index in [4.69, 9.17) is 4.74 Å². The van der Waals surface area contributed by atoms with Crippen LogP contribution in [0.4, 0.5) is 0 Å². The zero-order valence-corrected chi connectivity index (χ0v) is 12.5. The first kappa shape index (κ1) is 14.5. The third-order valence-corrected chi connectivity index (χ3v) is 3.97. The molecule has 108 valence electrons. The van der Waals surface area contributed by atoms with E-state index < -0.39 is 0 Å². The van der Waals surface area contributed by atoms with Gasteiger partial charge in [-0.1, -0.05) is 0 Å². The topological polar surface area (TPSA) is 39.1 Å². The Kier molecular flexibility index (Phi) is 5.40. The van der Waals surface area contributed by atoms with Crippen molar-refractivity contribution in [3.8, 4) is 0 Å². The van der Waals surface area contributed by atoms with E-state index in [1.807, 2.05) is 7.05 Å². The Morgan fingerprint density at radius 1 is 1.53 bits per heavy atom. The molecule has 1 aliphatic heterocycles. The number of rotatable bonds is 6. The minimum atomic E-state index is 0.435. The molecule has 0 aromatic carbocycles. The Hall–Kier alpha value is -0.870. The number of hydrogen-bond acceptors (Lipinski definition) is 3. The molecule has 1 fully saturated rings. The quantitative estimate of drug-likeness (QED) is 0.858. The predicted octanol–water partition coefficient (Wildman–Crippen LogP) is 2.30. The normalized spacial score (nSPS) is 21.5. The van der Waals surface area contributed by atoms with Gasteiger partial charge in [0.25, 0.3) is 0 Å². The van der Waals surface area contributed by atoms with Crippen LogP contribution in [0.25, 0.3) is 0 Å². The zero-order valence-electron chi connectivity index (χ0n) is 12.5. The van der Waals surface area contributed by atoms with Gasteiger partial charge in [0, 0.05) is 31.3 Å². The molecule has 2 unspecified atom stereocenters. The van der Waals surface area contributed by atoms with Crippen LogP contribution >= 0.6 is 0 Å². The summed E-state index contributed by atoms with van der Waals surface area (Å²) in [5.41, 5.74) is 2.44. The van der Waals surface area contributed by atoms with E-state index in [0.29, 0.717) is 12.1 Å². The smallest absolute Gasteiger partial charge is 0.0596 e. The van der Waals surface area contributed by atoms with E-state index in [9.17, 15) is 0 Å². The molecule has 1 aromatic rings. The van der Waals surface area contributed by atoms with E-state index in [-0.39, 0.29) is 0 Å². The molecular weight excluding hydrogens is 238 g/mol. The molecule has 2 heterocycles. The van der Waals surface area contributed by atoms with Crippen LogP contribution in [-0.2, 0) is 17.7 Å². The number of nitrogens with zero attached hydrogens (tertiary/aromatic N) is 2. The van der Waals surface area contributed by atoms with Gasteiger partial charge in [-0.05, 0) is 52.6 Å². The second-order valence-corrected chi connectivity index (χ2v) is 5.51. The van der Waals surface area contributed by atoms with Crippen LogP contribution in [0.15, 0.2) is 6.07 Å². The molecule has 4 heteroatoms. The largest absolute Gasteiger partial charge is 0.378 e. The van der Waals surface area contributed by atoms with E-state index in [1.165, 1.54) is 25.0 Å². The van der Waals surface area contributed by atoms with Gasteiger partial charge in [0.1, 0.15) is 0 Å². The van der Waals surface area contributed by atoms with Crippen LogP contribution in [0.5, 0.6) is 0 Å². The monoisotopic (exact) mass is 265 g/mol. The van der Waals surface area contributed by atoms with Crippen LogP contribution in [0.1, 0.15) is 44.0 Å². The number of aryl methyl sites for hydroxylation is 2. The van der Waals surface area contributed by atoms with Crippen molar-refractivity contribution in [3.63, 3.8) is 0 Å². The van der Waals surface area contributed by atoms with Crippen LogP contribution in [0, 0.1) is 6.92 Å². The standard InChI is InChI=1S/C15H27N3O/c1-4-18-14(9-12(2)17-18)10-13(16-3)11-15-7-5-6-8-19-15/h9,13,15-16H,4-8,10-11H2,1-3H3. The minimum Gasteiger partial charge on any atom is -0.378 e. The van der Waals surface area contributed by atoms with Gasteiger partial charge in [0.15, 0.2) is 0 Å². The number of aromatic nitrogens is 2.